The Bertz CT molecular complexity index is 480. The normalized spacial score (nSPS) is 28.8. The molecule has 1 fully saturated rings. The van der Waals surface area contributed by atoms with Crippen LogP contribution in [-0.2, 0) is 6.42 Å². The van der Waals surface area contributed by atoms with Crippen molar-refractivity contribution in [3.8, 4) is 0 Å². The second kappa shape index (κ2) is 6.00. The molecule has 2 atom stereocenters. The van der Waals surface area contributed by atoms with Crippen molar-refractivity contribution in [2.24, 2.45) is 17.1 Å². The minimum absolute atomic E-state index is 0.300. The molecule has 0 amide bonds. The highest BCUT2D eigenvalue weighted by molar-refractivity contribution is 5.54. The molecule has 2 unspecified atom stereocenters. The topological polar surface area (TPSA) is 29.3 Å². The fraction of sp³-hybridized carbons (Fsp3) is 0.684. The summed E-state index contributed by atoms with van der Waals surface area (Å²) in [5, 5.41) is 0. The Balaban J connectivity index is 1.78. The third-order valence-corrected chi connectivity index (χ3v) is 5.72. The summed E-state index contributed by atoms with van der Waals surface area (Å²) in [5.74, 6) is 0.639. The summed E-state index contributed by atoms with van der Waals surface area (Å²) in [5.41, 5.74) is 9.90. The maximum Gasteiger partial charge on any atom is 0.0398 e. The Hall–Kier alpha value is -1.02. The molecule has 2 N–H and O–H groups in total. The zero-order chi connectivity index (χ0) is 14.9. The van der Waals surface area contributed by atoms with Crippen molar-refractivity contribution >= 4 is 5.69 Å². The molecule has 1 aliphatic carbocycles. The second-order valence-corrected chi connectivity index (χ2v) is 7.70. The third kappa shape index (κ3) is 3.11. The van der Waals surface area contributed by atoms with Crippen molar-refractivity contribution in [2.75, 3.05) is 18.0 Å². The van der Waals surface area contributed by atoms with Crippen LogP contribution in [0.4, 0.5) is 5.69 Å². The van der Waals surface area contributed by atoms with Crippen molar-refractivity contribution in [3.05, 3.63) is 29.8 Å². The number of nitrogens with zero attached hydrogens (tertiary/aromatic N) is 1. The number of hydrogen-bond donors (Lipinski definition) is 1. The molecule has 1 saturated carbocycles. The molecule has 1 aromatic rings. The lowest BCUT2D eigenvalue weighted by Crippen LogP contribution is -2.50. The van der Waals surface area contributed by atoms with E-state index in [1.165, 1.54) is 56.3 Å². The predicted octanol–water partition coefficient (Wildman–Crippen LogP) is 3.98. The van der Waals surface area contributed by atoms with Crippen LogP contribution in [0.15, 0.2) is 24.3 Å². The molecule has 116 valence electrons. The number of fused-ring (bicyclic) bond motifs is 1. The number of benzene rings is 1. The molecule has 0 aromatic heterocycles. The molecule has 21 heavy (non-hydrogen) atoms. The summed E-state index contributed by atoms with van der Waals surface area (Å²) in [7, 11) is 0. The van der Waals surface area contributed by atoms with E-state index in [1.807, 2.05) is 0 Å². The van der Waals surface area contributed by atoms with Gasteiger partial charge in [0, 0.05) is 24.8 Å². The number of aryl methyl sites for hydroxylation is 1. The first-order valence-electron chi connectivity index (χ1n) is 8.66. The number of nitrogens with two attached hydrogens (primary N) is 1. The van der Waals surface area contributed by atoms with E-state index >= 15 is 0 Å². The van der Waals surface area contributed by atoms with E-state index in [0.29, 0.717) is 17.4 Å². The van der Waals surface area contributed by atoms with Gasteiger partial charge in [-0.2, -0.15) is 0 Å². The van der Waals surface area contributed by atoms with Crippen molar-refractivity contribution < 1.29 is 0 Å². The number of hydrogen-bond acceptors (Lipinski definition) is 2. The molecular formula is C19H30N2. The maximum absolute atomic E-state index is 6.61. The van der Waals surface area contributed by atoms with Crippen LogP contribution in [0.25, 0.3) is 0 Å². The molecular weight excluding hydrogens is 256 g/mol. The van der Waals surface area contributed by atoms with E-state index in [2.05, 4.69) is 43.0 Å². The van der Waals surface area contributed by atoms with Gasteiger partial charge in [0.1, 0.15) is 0 Å². The smallest absolute Gasteiger partial charge is 0.0398 e. The lowest BCUT2D eigenvalue weighted by Gasteiger charge is -2.44. The molecule has 3 rings (SSSR count). The molecule has 0 radical (unpaired) electrons. The summed E-state index contributed by atoms with van der Waals surface area (Å²) in [4.78, 5) is 2.62. The minimum atomic E-state index is 0.300. The molecule has 2 aliphatic rings. The Kier molecular flexibility index (Phi) is 4.26. The number of rotatable bonds is 2. The van der Waals surface area contributed by atoms with Crippen LogP contribution < -0.4 is 10.6 Å². The molecule has 1 aromatic carbocycles. The van der Waals surface area contributed by atoms with Gasteiger partial charge in [-0.3, -0.25) is 0 Å². The highest BCUT2D eigenvalue weighted by Crippen LogP contribution is 2.39. The van der Waals surface area contributed by atoms with Crippen molar-refractivity contribution in [1.29, 1.82) is 0 Å². The van der Waals surface area contributed by atoms with Gasteiger partial charge in [-0.25, -0.2) is 0 Å². The number of anilines is 1. The second-order valence-electron chi connectivity index (χ2n) is 7.70. The minimum Gasteiger partial charge on any atom is -0.371 e. The van der Waals surface area contributed by atoms with Crippen molar-refractivity contribution in [3.63, 3.8) is 0 Å². The van der Waals surface area contributed by atoms with E-state index in [-0.39, 0.29) is 0 Å². The molecule has 0 spiro atoms. The van der Waals surface area contributed by atoms with Crippen molar-refractivity contribution in [1.82, 2.24) is 0 Å². The van der Waals surface area contributed by atoms with Gasteiger partial charge in [-0.1, -0.05) is 38.5 Å². The largest absolute Gasteiger partial charge is 0.371 e. The van der Waals surface area contributed by atoms with E-state index in [0.717, 1.165) is 6.54 Å². The average Bonchev–Trinajstić information content (AvgIpc) is 2.67. The summed E-state index contributed by atoms with van der Waals surface area (Å²) in [6.45, 7) is 7.03. The van der Waals surface area contributed by atoms with Crippen molar-refractivity contribution in [2.45, 2.75) is 58.4 Å². The van der Waals surface area contributed by atoms with Crippen LogP contribution >= 0.6 is 0 Å². The summed E-state index contributed by atoms with van der Waals surface area (Å²) in [6.07, 6.45) is 7.76. The first kappa shape index (κ1) is 14.9. The molecule has 2 heteroatoms. The van der Waals surface area contributed by atoms with Crippen LogP contribution in [0.2, 0.25) is 0 Å². The van der Waals surface area contributed by atoms with Gasteiger partial charge >= 0.3 is 0 Å². The molecule has 0 saturated heterocycles. The summed E-state index contributed by atoms with van der Waals surface area (Å²) in [6, 6.07) is 9.31. The van der Waals surface area contributed by atoms with Crippen LogP contribution in [-0.4, -0.2) is 19.1 Å². The predicted molar refractivity (Wildman–Crippen MR) is 90.7 cm³/mol. The first-order valence-corrected chi connectivity index (χ1v) is 8.66. The van der Waals surface area contributed by atoms with Crippen LogP contribution in [0.5, 0.6) is 0 Å². The zero-order valence-electron chi connectivity index (χ0n) is 13.6. The van der Waals surface area contributed by atoms with E-state index < -0.39 is 0 Å². The Labute approximate surface area is 129 Å². The Morgan fingerprint density at radius 3 is 2.86 bits per heavy atom. The SMILES string of the molecule is CC1(C)CCCC(CN2CCCCc3ccccc32)C1N. The monoisotopic (exact) mass is 286 g/mol. The highest BCUT2D eigenvalue weighted by Gasteiger charge is 2.37. The van der Waals surface area contributed by atoms with Gasteiger partial charge in [-0.05, 0) is 55.1 Å². The highest BCUT2D eigenvalue weighted by atomic mass is 15.1. The summed E-state index contributed by atoms with van der Waals surface area (Å²) >= 11 is 0. The molecule has 0 bridgehead atoms. The van der Waals surface area contributed by atoms with Gasteiger partial charge < -0.3 is 10.6 Å². The maximum atomic E-state index is 6.61. The van der Waals surface area contributed by atoms with Gasteiger partial charge in [0.05, 0.1) is 0 Å². The van der Waals surface area contributed by atoms with Gasteiger partial charge in [-0.15, -0.1) is 0 Å². The number of para-hydroxylation sites is 1. The zero-order valence-corrected chi connectivity index (χ0v) is 13.6. The standard InChI is InChI=1S/C19H30N2/c1-19(2)12-7-10-16(18(19)20)14-21-13-6-5-9-15-8-3-4-11-17(15)21/h3-4,8,11,16,18H,5-7,9-10,12-14,20H2,1-2H3. The lowest BCUT2D eigenvalue weighted by molar-refractivity contribution is 0.141. The lowest BCUT2D eigenvalue weighted by atomic mass is 9.68. The van der Waals surface area contributed by atoms with Gasteiger partial charge in [0.25, 0.3) is 0 Å². The Morgan fingerprint density at radius 1 is 1.19 bits per heavy atom. The van der Waals surface area contributed by atoms with Gasteiger partial charge in [0.15, 0.2) is 0 Å². The average molecular weight is 286 g/mol. The fourth-order valence-corrected chi connectivity index (χ4v) is 4.25. The quantitative estimate of drug-likeness (QED) is 0.891. The fourth-order valence-electron chi connectivity index (χ4n) is 4.25. The summed E-state index contributed by atoms with van der Waals surface area (Å²) < 4.78 is 0. The molecule has 2 nitrogen and oxygen atoms in total. The van der Waals surface area contributed by atoms with Crippen LogP contribution in [0.1, 0.15) is 51.5 Å². The van der Waals surface area contributed by atoms with Crippen LogP contribution in [0, 0.1) is 11.3 Å². The van der Waals surface area contributed by atoms with Gasteiger partial charge in [0.2, 0.25) is 0 Å². The van der Waals surface area contributed by atoms with Crippen LogP contribution in [0.3, 0.4) is 0 Å². The molecule has 1 aliphatic heterocycles. The van der Waals surface area contributed by atoms with E-state index in [9.17, 15) is 0 Å². The van der Waals surface area contributed by atoms with E-state index in [4.69, 9.17) is 5.73 Å². The molecule has 1 heterocycles. The third-order valence-electron chi connectivity index (χ3n) is 5.72. The van der Waals surface area contributed by atoms with E-state index in [1.54, 1.807) is 0 Å². The Morgan fingerprint density at radius 2 is 2.00 bits per heavy atom. The first-order chi connectivity index (χ1) is 10.1.